The van der Waals surface area contributed by atoms with Gasteiger partial charge in [-0.15, -0.1) is 13.2 Å². The molecule has 0 spiro atoms. The van der Waals surface area contributed by atoms with E-state index in [1.54, 1.807) is 29.2 Å². The van der Waals surface area contributed by atoms with Crippen LogP contribution in [0, 0.1) is 11.3 Å². The Balaban J connectivity index is 1.70. The molecule has 1 fully saturated rings. The topological polar surface area (TPSA) is 108 Å². The average molecular weight is 578 g/mol. The van der Waals surface area contributed by atoms with Gasteiger partial charge in [0.2, 0.25) is 0 Å². The van der Waals surface area contributed by atoms with Gasteiger partial charge in [0.15, 0.2) is 0 Å². The molecule has 2 aromatic rings. The van der Waals surface area contributed by atoms with E-state index >= 15 is 0 Å². The van der Waals surface area contributed by atoms with E-state index in [0.717, 1.165) is 43.4 Å². The van der Waals surface area contributed by atoms with Crippen molar-refractivity contribution < 1.29 is 37.4 Å². The number of halogens is 3. The van der Waals surface area contributed by atoms with Gasteiger partial charge in [-0.2, -0.15) is 0 Å². The van der Waals surface area contributed by atoms with Crippen LogP contribution in [0.4, 0.5) is 23.7 Å². The van der Waals surface area contributed by atoms with Crippen LogP contribution in [0.1, 0.15) is 75.2 Å². The van der Waals surface area contributed by atoms with E-state index in [1.807, 2.05) is 0 Å². The number of anilines is 1. The number of aliphatic carboxylic acids is 1. The molecule has 8 nitrogen and oxygen atoms in total. The van der Waals surface area contributed by atoms with Gasteiger partial charge >= 0.3 is 18.4 Å². The van der Waals surface area contributed by atoms with Crippen LogP contribution in [0.3, 0.4) is 0 Å². The Morgan fingerprint density at radius 2 is 1.56 bits per heavy atom. The zero-order valence-corrected chi connectivity index (χ0v) is 23.6. The lowest BCUT2D eigenvalue weighted by Crippen LogP contribution is -2.45. The molecule has 0 aliphatic heterocycles. The summed E-state index contributed by atoms with van der Waals surface area (Å²) in [5.41, 5.74) is 1.75. The van der Waals surface area contributed by atoms with Crippen molar-refractivity contribution in [3.8, 4) is 5.75 Å². The molecule has 2 aromatic carbocycles. The minimum Gasteiger partial charge on any atom is -0.481 e. The third-order valence-electron chi connectivity index (χ3n) is 7.38. The van der Waals surface area contributed by atoms with Gasteiger partial charge in [0, 0.05) is 36.8 Å². The summed E-state index contributed by atoms with van der Waals surface area (Å²) in [5, 5.41) is 14.2. The molecule has 0 aromatic heterocycles. The predicted molar refractivity (Wildman–Crippen MR) is 149 cm³/mol. The molecular weight excluding hydrogens is 539 g/mol. The lowest BCUT2D eigenvalue weighted by molar-refractivity contribution is -0.274. The number of hydrogen-bond donors (Lipinski definition) is 3. The number of urea groups is 1. The summed E-state index contributed by atoms with van der Waals surface area (Å²) >= 11 is 0. The van der Waals surface area contributed by atoms with E-state index in [4.69, 9.17) is 5.11 Å². The molecule has 3 rings (SSSR count). The number of carbonyl (C=O) groups is 3. The van der Waals surface area contributed by atoms with Gasteiger partial charge in [0.1, 0.15) is 5.75 Å². The van der Waals surface area contributed by atoms with Crippen molar-refractivity contribution in [2.75, 3.05) is 11.9 Å². The largest absolute Gasteiger partial charge is 0.573 e. The molecule has 0 heterocycles. The molecule has 0 bridgehead atoms. The van der Waals surface area contributed by atoms with Crippen molar-refractivity contribution in [2.45, 2.75) is 78.2 Å². The summed E-state index contributed by atoms with van der Waals surface area (Å²) in [5.74, 6) is -1.07. The Kier molecular flexibility index (Phi) is 10.6. The van der Waals surface area contributed by atoms with Gasteiger partial charge < -0.3 is 25.4 Å². The number of rotatable bonds is 10. The highest BCUT2D eigenvalue weighted by molar-refractivity contribution is 5.94. The van der Waals surface area contributed by atoms with Gasteiger partial charge in [-0.1, -0.05) is 32.9 Å². The first-order valence-corrected chi connectivity index (χ1v) is 13.7. The van der Waals surface area contributed by atoms with Crippen LogP contribution >= 0.6 is 0 Å². The molecule has 224 valence electrons. The molecule has 3 N–H and O–H groups in total. The third-order valence-corrected chi connectivity index (χ3v) is 7.38. The number of ether oxygens (including phenoxy) is 1. The van der Waals surface area contributed by atoms with Crippen molar-refractivity contribution in [1.82, 2.24) is 10.2 Å². The Labute approximate surface area is 238 Å². The third kappa shape index (κ3) is 10.3. The standard InChI is InChI=1S/C30H38F3N3O5/c1-29(2,3)22-10-14-24(15-11-22)36(28(40)35-23-12-16-25(17-13-23)41-30(31,32)33)19-20-6-8-21(9-7-20)27(39)34-18-4-5-26(37)38/h6-9,12-13,16-17,22,24H,4-5,10-11,14-15,18-19H2,1-3H3,(H,34,39)(H,35,40)(H,37,38). The summed E-state index contributed by atoms with van der Waals surface area (Å²) in [7, 11) is 0. The van der Waals surface area contributed by atoms with Crippen LogP contribution in [0.25, 0.3) is 0 Å². The molecule has 11 heteroatoms. The van der Waals surface area contributed by atoms with Gasteiger partial charge in [0.25, 0.3) is 5.91 Å². The maximum atomic E-state index is 13.5. The quantitative estimate of drug-likeness (QED) is 0.269. The summed E-state index contributed by atoms with van der Waals surface area (Å²) in [6.07, 6.45) is -0.900. The first-order chi connectivity index (χ1) is 19.2. The first-order valence-electron chi connectivity index (χ1n) is 13.7. The normalized spacial score (nSPS) is 17.4. The highest BCUT2D eigenvalue weighted by atomic mass is 19.4. The fraction of sp³-hybridized carbons (Fsp3) is 0.500. The van der Waals surface area contributed by atoms with Crippen molar-refractivity contribution in [1.29, 1.82) is 0 Å². The Hall–Kier alpha value is -3.76. The van der Waals surface area contributed by atoms with Crippen molar-refractivity contribution >= 4 is 23.6 Å². The number of carboxylic acid groups (broad SMARTS) is 1. The zero-order valence-electron chi connectivity index (χ0n) is 23.6. The second-order valence-electron chi connectivity index (χ2n) is 11.5. The van der Waals surface area contributed by atoms with Gasteiger partial charge in [-0.05, 0) is 85.4 Å². The van der Waals surface area contributed by atoms with E-state index in [0.29, 0.717) is 23.6 Å². The van der Waals surface area contributed by atoms with E-state index in [1.165, 1.54) is 12.1 Å². The number of nitrogens with one attached hydrogen (secondary N) is 2. The zero-order chi connectivity index (χ0) is 30.2. The Morgan fingerprint density at radius 3 is 2.10 bits per heavy atom. The number of alkyl halides is 3. The average Bonchev–Trinajstić information content (AvgIpc) is 2.89. The fourth-order valence-electron chi connectivity index (χ4n) is 5.06. The highest BCUT2D eigenvalue weighted by Gasteiger charge is 2.34. The summed E-state index contributed by atoms with van der Waals surface area (Å²) < 4.78 is 41.4. The molecule has 0 saturated heterocycles. The first kappa shape index (κ1) is 31.8. The summed E-state index contributed by atoms with van der Waals surface area (Å²) in [6, 6.07) is 11.5. The molecular formula is C30H38F3N3O5. The molecule has 0 atom stereocenters. The number of hydrogen-bond acceptors (Lipinski definition) is 4. The molecule has 1 saturated carbocycles. The summed E-state index contributed by atoms with van der Waals surface area (Å²) in [6.45, 7) is 7.20. The fourth-order valence-corrected chi connectivity index (χ4v) is 5.06. The van der Waals surface area contributed by atoms with Crippen molar-refractivity contribution in [2.24, 2.45) is 11.3 Å². The Morgan fingerprint density at radius 1 is 0.951 bits per heavy atom. The highest BCUT2D eigenvalue weighted by Crippen LogP contribution is 2.39. The lowest BCUT2D eigenvalue weighted by atomic mass is 9.71. The molecule has 3 amide bonds. The maximum absolute atomic E-state index is 13.5. The van der Waals surface area contributed by atoms with Crippen LogP contribution in [-0.2, 0) is 11.3 Å². The SMILES string of the molecule is CC(C)(C)C1CCC(N(Cc2ccc(C(=O)NCCCC(=O)O)cc2)C(=O)Nc2ccc(OC(F)(F)F)cc2)CC1. The van der Waals surface area contributed by atoms with Crippen LogP contribution in [0.2, 0.25) is 0 Å². The second-order valence-corrected chi connectivity index (χ2v) is 11.5. The maximum Gasteiger partial charge on any atom is 0.573 e. The Bertz CT molecular complexity index is 1170. The van der Waals surface area contributed by atoms with Crippen molar-refractivity contribution in [3.05, 3.63) is 59.7 Å². The number of carboxylic acids is 1. The number of benzene rings is 2. The van der Waals surface area contributed by atoms with Gasteiger partial charge in [-0.25, -0.2) is 4.79 Å². The minimum atomic E-state index is -4.80. The molecule has 0 radical (unpaired) electrons. The minimum absolute atomic E-state index is 0.0275. The number of nitrogens with zero attached hydrogens (tertiary/aromatic N) is 1. The van der Waals surface area contributed by atoms with Crippen molar-refractivity contribution in [3.63, 3.8) is 0 Å². The number of amides is 3. The van der Waals surface area contributed by atoms with Crippen LogP contribution in [0.15, 0.2) is 48.5 Å². The monoisotopic (exact) mass is 577 g/mol. The molecule has 0 unspecified atom stereocenters. The number of carbonyl (C=O) groups excluding carboxylic acids is 2. The molecule has 41 heavy (non-hydrogen) atoms. The lowest BCUT2D eigenvalue weighted by Gasteiger charge is -2.41. The van der Waals surface area contributed by atoms with Crippen LogP contribution < -0.4 is 15.4 Å². The van der Waals surface area contributed by atoms with Crippen LogP contribution in [0.5, 0.6) is 5.75 Å². The smallest absolute Gasteiger partial charge is 0.481 e. The van der Waals surface area contributed by atoms with Gasteiger partial charge in [0.05, 0.1) is 0 Å². The van der Waals surface area contributed by atoms with E-state index in [9.17, 15) is 27.6 Å². The van der Waals surface area contributed by atoms with Gasteiger partial charge in [-0.3, -0.25) is 9.59 Å². The van der Waals surface area contributed by atoms with E-state index in [-0.39, 0.29) is 48.7 Å². The van der Waals surface area contributed by atoms with E-state index in [2.05, 4.69) is 36.1 Å². The van der Waals surface area contributed by atoms with Crippen LogP contribution in [-0.4, -0.2) is 46.9 Å². The second kappa shape index (κ2) is 13.7. The van der Waals surface area contributed by atoms with E-state index < -0.39 is 12.3 Å². The summed E-state index contributed by atoms with van der Waals surface area (Å²) in [4.78, 5) is 38.3. The predicted octanol–water partition coefficient (Wildman–Crippen LogP) is 6.82. The molecule has 1 aliphatic carbocycles. The molecule has 1 aliphatic rings.